The van der Waals surface area contributed by atoms with Crippen molar-refractivity contribution in [3.05, 3.63) is 117 Å². The van der Waals surface area contributed by atoms with E-state index in [-0.39, 0.29) is 0 Å². The predicted octanol–water partition coefficient (Wildman–Crippen LogP) is 10.8. The fourth-order valence-corrected chi connectivity index (χ4v) is 5.36. The molecule has 0 fully saturated rings. The minimum atomic E-state index is -5.91. The van der Waals surface area contributed by atoms with Crippen LogP contribution >= 0.6 is 0 Å². The molecule has 0 bridgehead atoms. The van der Waals surface area contributed by atoms with Crippen LogP contribution in [0.2, 0.25) is 0 Å². The smallest absolute Gasteiger partial charge is 0.416 e. The van der Waals surface area contributed by atoms with Gasteiger partial charge in [0.2, 0.25) is 0 Å². The van der Waals surface area contributed by atoms with Gasteiger partial charge in [-0.3, -0.25) is 0 Å². The summed E-state index contributed by atoms with van der Waals surface area (Å²) < 4.78 is 339. The van der Waals surface area contributed by atoms with Crippen LogP contribution in [0.25, 0.3) is 0 Å². The van der Waals surface area contributed by atoms with E-state index in [0.29, 0.717) is 0 Å². The summed E-state index contributed by atoms with van der Waals surface area (Å²) in [6, 6.07) is -6.31. The highest BCUT2D eigenvalue weighted by Gasteiger charge is 2.45. The van der Waals surface area contributed by atoms with E-state index in [0.717, 1.165) is 0 Å². The van der Waals surface area contributed by atoms with Crippen LogP contribution in [-0.2, 0) is 54.0 Å². The van der Waals surface area contributed by atoms with Crippen molar-refractivity contribution in [2.75, 3.05) is 0 Å². The highest BCUT2D eigenvalue weighted by atomic mass is 19.4. The van der Waals surface area contributed by atoms with Crippen molar-refractivity contribution < 1.29 is 110 Å². The molecule has 0 unspecified atom stereocenters. The van der Waals surface area contributed by atoms with Gasteiger partial charge in [0.15, 0.2) is 0 Å². The quantitative estimate of drug-likeness (QED) is 0.138. The molecular formula is C32H12B2F24O. The van der Waals surface area contributed by atoms with Gasteiger partial charge in [0, 0.05) is 0 Å². The fourth-order valence-electron chi connectivity index (χ4n) is 5.36. The van der Waals surface area contributed by atoms with Crippen molar-refractivity contribution in [1.82, 2.24) is 0 Å². The van der Waals surface area contributed by atoms with Crippen LogP contribution in [0.15, 0.2) is 72.8 Å². The first kappa shape index (κ1) is 47.0. The average Bonchev–Trinajstić information content (AvgIpc) is 3.04. The van der Waals surface area contributed by atoms with Crippen molar-refractivity contribution in [2.24, 2.45) is 0 Å². The van der Waals surface area contributed by atoms with E-state index in [2.05, 4.69) is 0 Å². The third kappa shape index (κ3) is 11.3. The Morgan fingerprint density at radius 3 is 0.441 bits per heavy atom. The van der Waals surface area contributed by atoms with Crippen LogP contribution in [0.1, 0.15) is 44.5 Å². The Labute approximate surface area is 312 Å². The zero-order valence-corrected chi connectivity index (χ0v) is 27.6. The van der Waals surface area contributed by atoms with Crippen molar-refractivity contribution in [2.45, 2.75) is 49.4 Å². The highest BCUT2D eigenvalue weighted by molar-refractivity contribution is 6.92. The Kier molecular flexibility index (Phi) is 12.0. The number of alkyl halides is 24. The Bertz CT molecular complexity index is 1730. The van der Waals surface area contributed by atoms with Gasteiger partial charge in [0.25, 0.3) is 0 Å². The molecule has 0 saturated carbocycles. The third-order valence-electron chi connectivity index (χ3n) is 7.92. The van der Waals surface area contributed by atoms with Gasteiger partial charge in [-0.2, -0.15) is 105 Å². The van der Waals surface area contributed by atoms with Crippen molar-refractivity contribution in [1.29, 1.82) is 0 Å². The van der Waals surface area contributed by atoms with Gasteiger partial charge in [-0.15, -0.1) is 0 Å². The molecule has 0 aliphatic carbocycles. The standard InChI is InChI=1S/C32H12B2F24O/c35-25(36,37)13-1-14(26(38,39)40)6-21(5-13)33(22-7-15(27(41,42)43)2-16(8-22)28(44,45)46)59-34(23-9-17(29(47,48)49)3-18(10-23)30(50,51)52)24-11-19(31(53,54)55)4-20(12-24)32(56,57)58/h1-12H. The summed E-state index contributed by atoms with van der Waals surface area (Å²) >= 11 is 0. The summed E-state index contributed by atoms with van der Waals surface area (Å²) in [4.78, 5) is 0. The molecule has 320 valence electrons. The molecular weight excluding hydrogens is 878 g/mol. The maximum atomic E-state index is 13.9. The molecule has 0 aliphatic rings. The molecule has 0 atom stereocenters. The number of rotatable bonds is 6. The second-order valence-electron chi connectivity index (χ2n) is 12.3. The lowest BCUT2D eigenvalue weighted by Gasteiger charge is -2.27. The van der Waals surface area contributed by atoms with E-state index in [4.69, 9.17) is 4.57 Å². The predicted molar refractivity (Wildman–Crippen MR) is 157 cm³/mol. The van der Waals surface area contributed by atoms with Gasteiger partial charge in [-0.25, -0.2) is 0 Å². The lowest BCUT2D eigenvalue weighted by atomic mass is 9.47. The van der Waals surface area contributed by atoms with E-state index in [1.165, 1.54) is 0 Å². The van der Waals surface area contributed by atoms with Crippen LogP contribution in [0, 0.1) is 0 Å². The molecule has 0 N–H and O–H groups in total. The molecule has 0 spiro atoms. The zero-order chi connectivity index (χ0) is 45.3. The molecule has 27 heteroatoms. The van der Waals surface area contributed by atoms with Crippen LogP contribution in [0.4, 0.5) is 105 Å². The lowest BCUT2D eigenvalue weighted by molar-refractivity contribution is -0.144. The first-order valence-corrected chi connectivity index (χ1v) is 15.1. The molecule has 0 aliphatic heterocycles. The van der Waals surface area contributed by atoms with Crippen molar-refractivity contribution in [3.8, 4) is 0 Å². The minimum absolute atomic E-state index is 0.453. The molecule has 4 aromatic carbocycles. The Hall–Kier alpha value is -4.71. The average molecular weight is 890 g/mol. The van der Waals surface area contributed by atoms with Gasteiger partial charge < -0.3 is 4.57 Å². The molecule has 1 nitrogen and oxygen atoms in total. The van der Waals surface area contributed by atoms with Gasteiger partial charge in [0.05, 0.1) is 44.5 Å². The second kappa shape index (κ2) is 15.1. The molecule has 0 heterocycles. The van der Waals surface area contributed by atoms with E-state index in [1.807, 2.05) is 0 Å². The zero-order valence-electron chi connectivity index (χ0n) is 27.6. The topological polar surface area (TPSA) is 9.23 Å². The molecule has 0 amide bonds. The Morgan fingerprint density at radius 1 is 0.220 bits per heavy atom. The summed E-state index contributed by atoms with van der Waals surface area (Å²) in [6.45, 7) is -6.95. The van der Waals surface area contributed by atoms with Gasteiger partial charge in [0.1, 0.15) is 0 Å². The van der Waals surface area contributed by atoms with E-state index in [9.17, 15) is 105 Å². The fraction of sp³-hybridized carbons (Fsp3) is 0.250. The molecule has 0 aromatic heterocycles. The Morgan fingerprint density at radius 2 is 0.339 bits per heavy atom. The van der Waals surface area contributed by atoms with E-state index < -0.39 is 202 Å². The minimum Gasteiger partial charge on any atom is -0.484 e. The van der Waals surface area contributed by atoms with Gasteiger partial charge >= 0.3 is 63.2 Å². The maximum Gasteiger partial charge on any atom is 0.416 e. The first-order chi connectivity index (χ1) is 26.3. The number of benzene rings is 4. The van der Waals surface area contributed by atoms with E-state index in [1.54, 1.807) is 0 Å². The second-order valence-corrected chi connectivity index (χ2v) is 12.3. The third-order valence-corrected chi connectivity index (χ3v) is 7.92. The summed E-state index contributed by atoms with van der Waals surface area (Å²) in [5.74, 6) is 0. The van der Waals surface area contributed by atoms with Crippen LogP contribution in [-0.4, -0.2) is 13.8 Å². The van der Waals surface area contributed by atoms with Crippen LogP contribution in [0.5, 0.6) is 0 Å². The van der Waals surface area contributed by atoms with Gasteiger partial charge in [-0.1, -0.05) is 48.5 Å². The summed E-state index contributed by atoms with van der Waals surface area (Å²) in [7, 11) is 0. The van der Waals surface area contributed by atoms with Gasteiger partial charge in [-0.05, 0) is 46.1 Å². The number of halogens is 24. The van der Waals surface area contributed by atoms with Crippen LogP contribution in [0.3, 0.4) is 0 Å². The van der Waals surface area contributed by atoms with E-state index >= 15 is 0 Å². The molecule has 59 heavy (non-hydrogen) atoms. The molecule has 4 aromatic rings. The largest absolute Gasteiger partial charge is 0.484 e. The SMILES string of the molecule is FC(F)(F)c1cc(B(OB(c2cc(C(F)(F)F)cc(C(F)(F)F)c2)c2cc(C(F)(F)F)cc(C(F)(F)F)c2)c2cc(C(F)(F)F)cc(C(F)(F)F)c2)cc(C(F)(F)F)c1. The number of hydrogen-bond donors (Lipinski definition) is 0. The normalized spacial score (nSPS) is 13.8. The monoisotopic (exact) mass is 890 g/mol. The first-order valence-electron chi connectivity index (χ1n) is 15.1. The summed E-state index contributed by atoms with van der Waals surface area (Å²) in [5, 5.41) is 0. The summed E-state index contributed by atoms with van der Waals surface area (Å²) in [6.07, 6.45) is -47.3. The summed E-state index contributed by atoms with van der Waals surface area (Å²) in [5.41, 5.74) is -26.8. The molecule has 4 rings (SSSR count). The lowest BCUT2D eigenvalue weighted by Crippen LogP contribution is -2.57. The maximum absolute atomic E-state index is 13.9. The molecule has 0 saturated heterocycles. The molecule has 0 radical (unpaired) electrons. The van der Waals surface area contributed by atoms with Crippen molar-refractivity contribution in [3.63, 3.8) is 0 Å². The highest BCUT2D eigenvalue weighted by Crippen LogP contribution is 2.39. The number of hydrogen-bond acceptors (Lipinski definition) is 1. The van der Waals surface area contributed by atoms with Crippen LogP contribution < -0.4 is 21.9 Å². The Balaban J connectivity index is 2.29. The van der Waals surface area contributed by atoms with Crippen molar-refractivity contribution >= 4 is 35.7 Å².